The minimum atomic E-state index is -0.955. The quantitative estimate of drug-likeness (QED) is 0.528. The van der Waals surface area contributed by atoms with Crippen LogP contribution in [-0.4, -0.2) is 51.0 Å². The predicted molar refractivity (Wildman–Crippen MR) is 42.4 cm³/mol. The number of carboxylic acids is 1. The summed E-state index contributed by atoms with van der Waals surface area (Å²) in [6.07, 6.45) is 1.14. The van der Waals surface area contributed by atoms with E-state index in [0.29, 0.717) is 19.4 Å². The van der Waals surface area contributed by atoms with Gasteiger partial charge in [0.25, 0.3) is 0 Å². The molecule has 0 heterocycles. The van der Waals surface area contributed by atoms with Crippen LogP contribution in [0.15, 0.2) is 0 Å². The van der Waals surface area contributed by atoms with Crippen LogP contribution in [0, 0.1) is 0 Å². The molecular formula is C5H14N2O2Pb. The van der Waals surface area contributed by atoms with Gasteiger partial charge in [0.2, 0.25) is 0 Å². The predicted octanol–water partition coefficient (Wildman–Crippen LogP) is -1.78. The number of hydrogen-bond donors (Lipinski definition) is 3. The summed E-state index contributed by atoms with van der Waals surface area (Å²) in [4.78, 5) is 10.0. The Hall–Kier alpha value is 0.312. The van der Waals surface area contributed by atoms with E-state index >= 15 is 0 Å². The Morgan fingerprint density at radius 3 is 2.40 bits per heavy atom. The summed E-state index contributed by atoms with van der Waals surface area (Å²) >= 11 is 0. The third kappa shape index (κ3) is 6.43. The Labute approximate surface area is 80.1 Å². The molecule has 0 rings (SSSR count). The van der Waals surface area contributed by atoms with Gasteiger partial charge in [-0.05, 0) is 19.4 Å². The number of rotatable bonds is 4. The Balaban J connectivity index is 0. The molecule has 1 atom stereocenters. The average molecular weight is 341 g/mol. The van der Waals surface area contributed by atoms with Gasteiger partial charge < -0.3 is 16.6 Å². The Kier molecular flexibility index (Phi) is 9.60. The summed E-state index contributed by atoms with van der Waals surface area (Å²) in [5.74, 6) is -0.955. The molecule has 0 amide bonds. The topological polar surface area (TPSA) is 89.3 Å². The first-order valence-corrected chi connectivity index (χ1v) is 2.87. The second-order valence-corrected chi connectivity index (χ2v) is 1.88. The maximum absolute atomic E-state index is 10.0. The molecule has 0 aromatic heterocycles. The van der Waals surface area contributed by atoms with E-state index in [4.69, 9.17) is 16.6 Å². The van der Waals surface area contributed by atoms with Gasteiger partial charge >= 0.3 is 33.3 Å². The molecule has 0 aliphatic carbocycles. The SMILES string of the molecule is NCCC[C@H](N)C(=O)O.[PbH2]. The van der Waals surface area contributed by atoms with Gasteiger partial charge in [0.05, 0.1) is 0 Å². The van der Waals surface area contributed by atoms with Crippen molar-refractivity contribution >= 4 is 33.3 Å². The van der Waals surface area contributed by atoms with Crippen molar-refractivity contribution in [2.45, 2.75) is 18.9 Å². The fourth-order valence-electron chi connectivity index (χ4n) is 0.461. The number of carbonyl (C=O) groups is 1. The van der Waals surface area contributed by atoms with Gasteiger partial charge in [-0.25, -0.2) is 0 Å². The van der Waals surface area contributed by atoms with E-state index in [0.717, 1.165) is 0 Å². The molecule has 0 aromatic rings. The van der Waals surface area contributed by atoms with Gasteiger partial charge in [0.15, 0.2) is 0 Å². The number of nitrogens with two attached hydrogens (primary N) is 2. The van der Waals surface area contributed by atoms with Crippen molar-refractivity contribution in [3.63, 3.8) is 0 Å². The molecule has 0 aliphatic heterocycles. The van der Waals surface area contributed by atoms with Gasteiger partial charge in [-0.2, -0.15) is 0 Å². The summed E-state index contributed by atoms with van der Waals surface area (Å²) in [5.41, 5.74) is 10.3. The van der Waals surface area contributed by atoms with Crippen LogP contribution in [0.2, 0.25) is 0 Å². The van der Waals surface area contributed by atoms with Crippen molar-refractivity contribution in [3.8, 4) is 0 Å². The van der Waals surface area contributed by atoms with Crippen molar-refractivity contribution in [2.24, 2.45) is 11.5 Å². The van der Waals surface area contributed by atoms with Crippen molar-refractivity contribution in [1.82, 2.24) is 0 Å². The zero-order chi connectivity index (χ0) is 7.28. The fraction of sp³-hybridized carbons (Fsp3) is 0.800. The summed E-state index contributed by atoms with van der Waals surface area (Å²) in [7, 11) is 0. The second kappa shape index (κ2) is 7.42. The van der Waals surface area contributed by atoms with E-state index in [-0.39, 0.29) is 27.3 Å². The summed E-state index contributed by atoms with van der Waals surface area (Å²) < 4.78 is 0. The van der Waals surface area contributed by atoms with Crippen LogP contribution >= 0.6 is 0 Å². The molecule has 0 saturated heterocycles. The van der Waals surface area contributed by atoms with Crippen LogP contribution in [-0.2, 0) is 4.79 Å². The molecule has 0 unspecified atom stereocenters. The Morgan fingerprint density at radius 1 is 1.60 bits per heavy atom. The van der Waals surface area contributed by atoms with Crippen LogP contribution in [0.4, 0.5) is 0 Å². The minimum absolute atomic E-state index is 0. The van der Waals surface area contributed by atoms with Crippen LogP contribution in [0.5, 0.6) is 0 Å². The van der Waals surface area contributed by atoms with Gasteiger partial charge in [0.1, 0.15) is 6.04 Å². The van der Waals surface area contributed by atoms with Gasteiger partial charge in [-0.3, -0.25) is 4.79 Å². The molecule has 5 N–H and O–H groups in total. The van der Waals surface area contributed by atoms with Crippen LogP contribution < -0.4 is 11.5 Å². The first-order valence-electron chi connectivity index (χ1n) is 2.87. The van der Waals surface area contributed by atoms with Gasteiger partial charge in [0, 0.05) is 0 Å². The molecule has 0 aliphatic rings. The monoisotopic (exact) mass is 342 g/mol. The summed E-state index contributed by atoms with van der Waals surface area (Å²) in [6, 6.07) is -0.742. The molecule has 0 fully saturated rings. The zero-order valence-electron chi connectivity index (χ0n) is 5.92. The van der Waals surface area contributed by atoms with E-state index < -0.39 is 12.0 Å². The van der Waals surface area contributed by atoms with Crippen LogP contribution in [0.25, 0.3) is 0 Å². The number of carboxylic acid groups (broad SMARTS) is 1. The van der Waals surface area contributed by atoms with Crippen LogP contribution in [0.3, 0.4) is 0 Å². The molecule has 10 heavy (non-hydrogen) atoms. The first-order chi connectivity index (χ1) is 4.18. The maximum atomic E-state index is 10.0. The normalized spacial score (nSPS) is 11.8. The van der Waals surface area contributed by atoms with Crippen LogP contribution in [0.1, 0.15) is 12.8 Å². The molecule has 4 nitrogen and oxygen atoms in total. The van der Waals surface area contributed by atoms with Gasteiger partial charge in [-0.1, -0.05) is 0 Å². The molecule has 0 spiro atoms. The van der Waals surface area contributed by atoms with E-state index in [2.05, 4.69) is 0 Å². The standard InChI is InChI=1S/C5H12N2O2.Pb.2H/c6-3-1-2-4(7)5(8)9;;;/h4H,1-3,6-7H2,(H,8,9);;;/t4-;;;/m0.../s1. The molecule has 0 aromatic carbocycles. The molecule has 60 valence electrons. The van der Waals surface area contributed by atoms with Crippen molar-refractivity contribution < 1.29 is 9.90 Å². The summed E-state index contributed by atoms with van der Waals surface area (Å²) in [6.45, 7) is 0.501. The molecule has 0 bridgehead atoms. The third-order valence-corrected chi connectivity index (χ3v) is 1.04. The van der Waals surface area contributed by atoms with E-state index in [1.54, 1.807) is 0 Å². The van der Waals surface area contributed by atoms with Crippen molar-refractivity contribution in [1.29, 1.82) is 0 Å². The Bertz CT molecular complexity index is 99.6. The molecule has 0 saturated carbocycles. The fourth-order valence-corrected chi connectivity index (χ4v) is 0.461. The van der Waals surface area contributed by atoms with Crippen molar-refractivity contribution in [2.75, 3.05) is 6.54 Å². The van der Waals surface area contributed by atoms with Gasteiger partial charge in [-0.15, -0.1) is 0 Å². The van der Waals surface area contributed by atoms with E-state index in [1.165, 1.54) is 0 Å². The second-order valence-electron chi connectivity index (χ2n) is 1.88. The molecular weight excluding hydrogens is 327 g/mol. The average Bonchev–Trinajstić information content (AvgIpc) is 1.82. The third-order valence-electron chi connectivity index (χ3n) is 1.04. The van der Waals surface area contributed by atoms with Crippen molar-refractivity contribution in [3.05, 3.63) is 0 Å². The Morgan fingerprint density at radius 2 is 2.10 bits per heavy atom. The number of aliphatic carboxylic acids is 1. The summed E-state index contributed by atoms with van der Waals surface area (Å²) in [5, 5.41) is 8.24. The molecule has 2 radical (unpaired) electrons. The van der Waals surface area contributed by atoms with E-state index in [1.807, 2.05) is 0 Å². The zero-order valence-corrected chi connectivity index (χ0v) is 11.4. The first kappa shape index (κ1) is 12.9. The van der Waals surface area contributed by atoms with E-state index in [9.17, 15) is 4.79 Å². The molecule has 5 heteroatoms. The number of hydrogen-bond acceptors (Lipinski definition) is 3.